The highest BCUT2D eigenvalue weighted by Crippen LogP contribution is 2.58. The van der Waals surface area contributed by atoms with Crippen LogP contribution in [0.3, 0.4) is 0 Å². The highest BCUT2D eigenvalue weighted by Gasteiger charge is 2.71. The molecule has 2 aliphatic rings. The number of amides is 1. The number of ether oxygens (including phenoxy) is 1. The molecule has 0 spiro atoms. The Hall–Kier alpha value is -1.43. The summed E-state index contributed by atoms with van der Waals surface area (Å²) < 4.78 is 5.69. The van der Waals surface area contributed by atoms with Crippen LogP contribution >= 0.6 is 0 Å². The van der Waals surface area contributed by atoms with Gasteiger partial charge in [0.1, 0.15) is 5.54 Å². The fraction of sp³-hybridized carbons (Fsp3) is 0.562. The summed E-state index contributed by atoms with van der Waals surface area (Å²) >= 11 is 0. The van der Waals surface area contributed by atoms with Gasteiger partial charge < -0.3 is 10.5 Å². The highest BCUT2D eigenvalue weighted by molar-refractivity contribution is 5.88. The van der Waals surface area contributed by atoms with Gasteiger partial charge in [0.15, 0.2) is 0 Å². The van der Waals surface area contributed by atoms with Gasteiger partial charge in [0.2, 0.25) is 0 Å². The van der Waals surface area contributed by atoms with E-state index < -0.39 is 5.54 Å². The summed E-state index contributed by atoms with van der Waals surface area (Å²) in [5, 5.41) is 0. The first-order valence-electron chi connectivity index (χ1n) is 7.34. The molecule has 2 fully saturated rings. The molecule has 1 aromatic rings. The van der Waals surface area contributed by atoms with Crippen molar-refractivity contribution < 1.29 is 14.4 Å². The topological polar surface area (TPSA) is 73.6 Å². The Morgan fingerprint density at radius 2 is 2.14 bits per heavy atom. The van der Waals surface area contributed by atoms with E-state index in [0.717, 1.165) is 12.0 Å². The van der Waals surface area contributed by atoms with Crippen LogP contribution in [0.25, 0.3) is 0 Å². The van der Waals surface area contributed by atoms with E-state index in [1.165, 1.54) is 0 Å². The summed E-state index contributed by atoms with van der Waals surface area (Å²) in [7, 11) is 0. The molecular formula is C16H22N2O3. The normalized spacial score (nSPS) is 33.1. The first kappa shape index (κ1) is 14.5. The van der Waals surface area contributed by atoms with Crippen molar-refractivity contribution in [3.05, 3.63) is 35.9 Å². The van der Waals surface area contributed by atoms with Crippen LogP contribution in [0, 0.1) is 11.3 Å². The minimum Gasteiger partial charge on any atom is -0.377 e. The summed E-state index contributed by atoms with van der Waals surface area (Å²) in [6, 6.07) is 9.69. The lowest BCUT2D eigenvalue weighted by molar-refractivity contribution is -0.185. The number of nitrogens with one attached hydrogen (secondary N) is 1. The zero-order chi connectivity index (χ0) is 15.1. The van der Waals surface area contributed by atoms with Gasteiger partial charge in [-0.25, -0.2) is 5.48 Å². The number of rotatable bonds is 4. The third kappa shape index (κ3) is 2.08. The largest absolute Gasteiger partial charge is 0.377 e. The monoisotopic (exact) mass is 290 g/mol. The summed E-state index contributed by atoms with van der Waals surface area (Å²) in [6.45, 7) is 4.97. The van der Waals surface area contributed by atoms with Gasteiger partial charge in [0.25, 0.3) is 5.91 Å². The van der Waals surface area contributed by atoms with Crippen molar-refractivity contribution in [2.45, 2.75) is 38.5 Å². The average molecular weight is 290 g/mol. The molecule has 1 aliphatic heterocycles. The Morgan fingerprint density at radius 1 is 1.43 bits per heavy atom. The van der Waals surface area contributed by atoms with Crippen molar-refractivity contribution in [2.75, 3.05) is 6.61 Å². The molecule has 3 rings (SSSR count). The molecule has 3 atom stereocenters. The number of carbonyl (C=O) groups excluding carboxylic acids is 1. The molecule has 1 heterocycles. The van der Waals surface area contributed by atoms with E-state index >= 15 is 0 Å². The molecule has 1 saturated carbocycles. The Balaban J connectivity index is 1.60. The minimum absolute atomic E-state index is 0.0716. The van der Waals surface area contributed by atoms with Crippen LogP contribution in [0.5, 0.6) is 0 Å². The average Bonchev–Trinajstić information content (AvgIpc) is 2.95. The summed E-state index contributed by atoms with van der Waals surface area (Å²) in [6.07, 6.45) is 0.902. The zero-order valence-corrected chi connectivity index (χ0v) is 12.5. The van der Waals surface area contributed by atoms with E-state index in [9.17, 15) is 4.79 Å². The van der Waals surface area contributed by atoms with Crippen LogP contribution in [-0.4, -0.2) is 24.2 Å². The molecule has 21 heavy (non-hydrogen) atoms. The van der Waals surface area contributed by atoms with Gasteiger partial charge >= 0.3 is 0 Å². The number of fused-ring (bicyclic) bond motifs is 1. The van der Waals surface area contributed by atoms with Crippen molar-refractivity contribution in [1.82, 2.24) is 5.48 Å². The van der Waals surface area contributed by atoms with Crippen LogP contribution < -0.4 is 11.2 Å². The van der Waals surface area contributed by atoms with Crippen molar-refractivity contribution in [2.24, 2.45) is 17.1 Å². The maximum atomic E-state index is 12.5. The molecule has 3 unspecified atom stereocenters. The van der Waals surface area contributed by atoms with Crippen molar-refractivity contribution in [3.8, 4) is 0 Å². The quantitative estimate of drug-likeness (QED) is 0.822. The van der Waals surface area contributed by atoms with E-state index in [-0.39, 0.29) is 23.3 Å². The van der Waals surface area contributed by atoms with Gasteiger partial charge in [-0.3, -0.25) is 9.63 Å². The van der Waals surface area contributed by atoms with Gasteiger partial charge in [-0.05, 0) is 12.0 Å². The van der Waals surface area contributed by atoms with Crippen LogP contribution in [0.15, 0.2) is 30.3 Å². The summed E-state index contributed by atoms with van der Waals surface area (Å²) in [5.41, 5.74) is 8.63. The predicted molar refractivity (Wildman–Crippen MR) is 77.9 cm³/mol. The molecule has 5 nitrogen and oxygen atoms in total. The second-order valence-corrected chi connectivity index (χ2v) is 6.48. The molecule has 1 aromatic carbocycles. The van der Waals surface area contributed by atoms with Crippen LogP contribution in [0.2, 0.25) is 0 Å². The number of carbonyl (C=O) groups is 1. The van der Waals surface area contributed by atoms with Crippen LogP contribution in [0.1, 0.15) is 25.8 Å². The number of nitrogens with two attached hydrogens (primary N) is 1. The van der Waals surface area contributed by atoms with Gasteiger partial charge in [0.05, 0.1) is 12.7 Å². The number of hydrogen-bond acceptors (Lipinski definition) is 4. The summed E-state index contributed by atoms with van der Waals surface area (Å²) in [4.78, 5) is 17.8. The molecule has 5 heteroatoms. The maximum absolute atomic E-state index is 12.5. The minimum atomic E-state index is -0.926. The van der Waals surface area contributed by atoms with Crippen molar-refractivity contribution >= 4 is 5.91 Å². The Morgan fingerprint density at radius 3 is 2.86 bits per heavy atom. The fourth-order valence-electron chi connectivity index (χ4n) is 3.69. The van der Waals surface area contributed by atoms with Gasteiger partial charge in [0, 0.05) is 17.9 Å². The second kappa shape index (κ2) is 5.09. The van der Waals surface area contributed by atoms with Gasteiger partial charge in [-0.15, -0.1) is 0 Å². The molecule has 1 amide bonds. The Labute approximate surface area is 124 Å². The van der Waals surface area contributed by atoms with Crippen LogP contribution in [0.4, 0.5) is 0 Å². The third-order valence-corrected chi connectivity index (χ3v) is 5.08. The molecule has 1 aliphatic carbocycles. The molecule has 114 valence electrons. The van der Waals surface area contributed by atoms with Gasteiger partial charge in [-0.2, -0.15) is 0 Å². The highest BCUT2D eigenvalue weighted by atomic mass is 16.7. The van der Waals surface area contributed by atoms with Crippen molar-refractivity contribution in [1.29, 1.82) is 0 Å². The fourth-order valence-corrected chi connectivity index (χ4v) is 3.69. The Bertz CT molecular complexity index is 532. The third-order valence-electron chi connectivity index (χ3n) is 5.08. The zero-order valence-electron chi connectivity index (χ0n) is 12.5. The molecule has 0 radical (unpaired) electrons. The van der Waals surface area contributed by atoms with E-state index in [1.807, 2.05) is 44.2 Å². The number of hydroxylamine groups is 1. The Kier molecular flexibility index (Phi) is 3.51. The molecule has 1 saturated heterocycles. The van der Waals surface area contributed by atoms with Crippen LogP contribution in [-0.2, 0) is 21.0 Å². The van der Waals surface area contributed by atoms with E-state index in [0.29, 0.717) is 13.2 Å². The smallest absolute Gasteiger partial charge is 0.264 e. The lowest BCUT2D eigenvalue weighted by atomic mass is 9.48. The number of benzene rings is 1. The first-order valence-corrected chi connectivity index (χ1v) is 7.34. The lowest BCUT2D eigenvalue weighted by Crippen LogP contribution is -2.80. The first-order chi connectivity index (χ1) is 9.98. The molecule has 0 aromatic heterocycles. The maximum Gasteiger partial charge on any atom is 0.264 e. The van der Waals surface area contributed by atoms with E-state index in [4.69, 9.17) is 15.3 Å². The van der Waals surface area contributed by atoms with Gasteiger partial charge in [-0.1, -0.05) is 44.2 Å². The van der Waals surface area contributed by atoms with E-state index in [1.54, 1.807) is 0 Å². The lowest BCUT2D eigenvalue weighted by Gasteiger charge is -2.60. The standard InChI is InChI=1S/C16H22N2O3/c1-15(2)13-12(8-9-20-13)16(15,17)14(19)18-21-10-11-6-4-3-5-7-11/h3-7,12-13H,8-10,17H2,1-2H3,(H,18,19). The SMILES string of the molecule is CC1(C)C2OCCC2C1(N)C(=O)NOCc1ccccc1. The molecule has 0 bridgehead atoms. The number of hydrogen-bond donors (Lipinski definition) is 2. The predicted octanol–water partition coefficient (Wildman–Crippen LogP) is 1.38. The second-order valence-electron chi connectivity index (χ2n) is 6.48. The molecular weight excluding hydrogens is 268 g/mol. The van der Waals surface area contributed by atoms with E-state index in [2.05, 4.69) is 5.48 Å². The summed E-state index contributed by atoms with van der Waals surface area (Å²) in [5.74, 6) is -0.178. The molecule has 3 N–H and O–H groups in total. The van der Waals surface area contributed by atoms with Crippen molar-refractivity contribution in [3.63, 3.8) is 0 Å².